The number of carbonyl (C=O) groups is 3. The number of hydrogen-bond donors (Lipinski definition) is 0. The number of ether oxygens (including phenoxy) is 1. The van der Waals surface area contributed by atoms with Gasteiger partial charge in [-0.1, -0.05) is 27.3 Å². The van der Waals surface area contributed by atoms with Crippen LogP contribution in [0.2, 0.25) is 0 Å². The Bertz CT molecular complexity index is 1250. The molecule has 2 saturated heterocycles. The Hall–Kier alpha value is -2.37. The summed E-state index contributed by atoms with van der Waals surface area (Å²) in [5.74, 6) is -0.574. The minimum atomic E-state index is -0.209. The van der Waals surface area contributed by atoms with Crippen molar-refractivity contribution in [2.45, 2.75) is 19.3 Å². The first-order valence-corrected chi connectivity index (χ1v) is 13.2. The predicted molar refractivity (Wildman–Crippen MR) is 146 cm³/mol. The molecule has 0 unspecified atom stereocenters. The van der Waals surface area contributed by atoms with Crippen molar-refractivity contribution in [2.75, 3.05) is 49.2 Å². The summed E-state index contributed by atoms with van der Waals surface area (Å²) < 4.78 is 7.40. The lowest BCUT2D eigenvalue weighted by atomic mass is 10.1. The van der Waals surface area contributed by atoms with E-state index in [1.165, 1.54) is 16.2 Å². The first kappa shape index (κ1) is 26.7. The van der Waals surface area contributed by atoms with Crippen molar-refractivity contribution in [3.05, 3.63) is 52.5 Å². The number of rotatable bonds is 7. The number of morpholine rings is 1. The summed E-state index contributed by atoms with van der Waals surface area (Å²) in [6.45, 7) is 4.69. The van der Waals surface area contributed by atoms with Crippen LogP contribution in [0.25, 0.3) is 10.2 Å². The van der Waals surface area contributed by atoms with Gasteiger partial charge >= 0.3 is 0 Å². The van der Waals surface area contributed by atoms with E-state index in [9.17, 15) is 14.4 Å². The number of aromatic nitrogens is 1. The molecule has 11 heteroatoms. The zero-order chi connectivity index (χ0) is 24.4. The summed E-state index contributed by atoms with van der Waals surface area (Å²) in [5, 5.41) is 0.652. The number of nitrogens with zero attached hydrogens (tertiary/aromatic N) is 4. The molecule has 0 saturated carbocycles. The van der Waals surface area contributed by atoms with Gasteiger partial charge in [0.2, 0.25) is 11.8 Å². The van der Waals surface area contributed by atoms with E-state index in [0.717, 1.165) is 54.0 Å². The third kappa shape index (κ3) is 5.78. The summed E-state index contributed by atoms with van der Waals surface area (Å²) in [4.78, 5) is 47.8. The highest BCUT2D eigenvalue weighted by molar-refractivity contribution is 9.10. The van der Waals surface area contributed by atoms with Gasteiger partial charge in [0.05, 0.1) is 29.1 Å². The zero-order valence-electron chi connectivity index (χ0n) is 19.5. The van der Waals surface area contributed by atoms with Gasteiger partial charge in [-0.25, -0.2) is 4.98 Å². The van der Waals surface area contributed by atoms with E-state index in [4.69, 9.17) is 9.72 Å². The van der Waals surface area contributed by atoms with Crippen LogP contribution >= 0.6 is 39.7 Å². The SMILES string of the molecule is Cl.O=C(c1ccc(N2C(=O)CCC2=O)cc1)N(CCCN1CCOCC1)c1nc2ccc(Br)cc2s1. The molecular weight excluding hydrogens is 568 g/mol. The highest BCUT2D eigenvalue weighted by Crippen LogP contribution is 2.32. The van der Waals surface area contributed by atoms with Crippen LogP contribution in [0, 0.1) is 0 Å². The number of anilines is 2. The predicted octanol–water partition coefficient (Wildman–Crippen LogP) is 4.50. The number of thiazole rings is 1. The number of imide groups is 1. The molecule has 2 fully saturated rings. The molecular formula is C25H26BrClN4O4S. The normalized spacial score (nSPS) is 16.4. The molecule has 0 aliphatic carbocycles. The number of amides is 3. The van der Waals surface area contributed by atoms with Crippen molar-refractivity contribution in [1.82, 2.24) is 9.88 Å². The fourth-order valence-corrected chi connectivity index (χ4v) is 5.88. The van der Waals surface area contributed by atoms with E-state index < -0.39 is 0 Å². The van der Waals surface area contributed by atoms with Crippen molar-refractivity contribution >= 4 is 78.4 Å². The van der Waals surface area contributed by atoms with Crippen molar-refractivity contribution in [3.8, 4) is 0 Å². The maximum atomic E-state index is 13.6. The van der Waals surface area contributed by atoms with Crippen molar-refractivity contribution < 1.29 is 19.1 Å². The molecule has 8 nitrogen and oxygen atoms in total. The van der Waals surface area contributed by atoms with Gasteiger partial charge in [-0.2, -0.15) is 0 Å². The molecule has 2 aliphatic heterocycles. The van der Waals surface area contributed by atoms with Crippen molar-refractivity contribution in [3.63, 3.8) is 0 Å². The molecule has 36 heavy (non-hydrogen) atoms. The van der Waals surface area contributed by atoms with Gasteiger partial charge in [-0.3, -0.25) is 29.1 Å². The van der Waals surface area contributed by atoms with Gasteiger partial charge in [-0.05, 0) is 48.9 Å². The Labute approximate surface area is 227 Å². The highest BCUT2D eigenvalue weighted by atomic mass is 79.9. The standard InChI is InChI=1S/C25H25BrN4O4S.ClH/c26-18-4-7-20-21(16-18)35-25(27-20)29(11-1-10-28-12-14-34-15-13-28)24(33)17-2-5-19(6-3-17)30-22(31)8-9-23(30)32;/h2-7,16H,1,8-15H2;1H. The average Bonchev–Trinajstić information content (AvgIpc) is 3.44. The molecule has 2 aliphatic rings. The number of hydrogen-bond acceptors (Lipinski definition) is 7. The zero-order valence-corrected chi connectivity index (χ0v) is 22.7. The second kappa shape index (κ2) is 11.8. The Balaban J connectivity index is 0.00000304. The smallest absolute Gasteiger partial charge is 0.260 e. The molecule has 3 heterocycles. The van der Waals surface area contributed by atoms with Gasteiger partial charge in [0.25, 0.3) is 5.91 Å². The summed E-state index contributed by atoms with van der Waals surface area (Å²) in [7, 11) is 0. The number of carbonyl (C=O) groups excluding carboxylic acids is 3. The molecule has 2 aromatic carbocycles. The van der Waals surface area contributed by atoms with Crippen LogP contribution in [-0.2, 0) is 14.3 Å². The van der Waals surface area contributed by atoms with Crippen LogP contribution in [0.15, 0.2) is 46.9 Å². The summed E-state index contributed by atoms with van der Waals surface area (Å²) >= 11 is 4.99. The largest absolute Gasteiger partial charge is 0.379 e. The topological polar surface area (TPSA) is 83.1 Å². The maximum Gasteiger partial charge on any atom is 0.260 e. The van der Waals surface area contributed by atoms with Crippen molar-refractivity contribution in [2.24, 2.45) is 0 Å². The third-order valence-corrected chi connectivity index (χ3v) is 7.73. The van der Waals surface area contributed by atoms with E-state index in [2.05, 4.69) is 20.8 Å². The molecule has 3 amide bonds. The minimum absolute atomic E-state index is 0. The van der Waals surface area contributed by atoms with Crippen LogP contribution in [0.3, 0.4) is 0 Å². The Morgan fingerprint density at radius 2 is 1.75 bits per heavy atom. The maximum absolute atomic E-state index is 13.6. The summed E-state index contributed by atoms with van der Waals surface area (Å²) in [6.07, 6.45) is 1.26. The average molecular weight is 594 g/mol. The molecule has 0 atom stereocenters. The van der Waals surface area contributed by atoms with E-state index in [0.29, 0.717) is 22.9 Å². The van der Waals surface area contributed by atoms with Gasteiger partial charge in [0.15, 0.2) is 5.13 Å². The number of fused-ring (bicyclic) bond motifs is 1. The molecule has 0 radical (unpaired) electrons. The van der Waals surface area contributed by atoms with Gasteiger partial charge < -0.3 is 4.74 Å². The van der Waals surface area contributed by atoms with Gasteiger partial charge in [0.1, 0.15) is 0 Å². The van der Waals surface area contributed by atoms with Crippen molar-refractivity contribution in [1.29, 1.82) is 0 Å². The van der Waals surface area contributed by atoms with E-state index >= 15 is 0 Å². The first-order chi connectivity index (χ1) is 17.0. The van der Waals surface area contributed by atoms with Gasteiger partial charge in [0, 0.05) is 49.1 Å². The van der Waals surface area contributed by atoms with Crippen LogP contribution < -0.4 is 9.80 Å². The van der Waals surface area contributed by atoms with Crippen LogP contribution in [-0.4, -0.2) is 67.0 Å². The quantitative estimate of drug-likeness (QED) is 0.375. The molecule has 0 spiro atoms. The van der Waals surface area contributed by atoms with Crippen LogP contribution in [0.1, 0.15) is 29.6 Å². The molecule has 0 bridgehead atoms. The lowest BCUT2D eigenvalue weighted by Gasteiger charge is -2.27. The van der Waals surface area contributed by atoms with E-state index in [1.54, 1.807) is 29.2 Å². The fraction of sp³-hybridized carbons (Fsp3) is 0.360. The van der Waals surface area contributed by atoms with Crippen LogP contribution in [0.5, 0.6) is 0 Å². The summed E-state index contributed by atoms with van der Waals surface area (Å²) in [6, 6.07) is 12.6. The Morgan fingerprint density at radius 3 is 2.44 bits per heavy atom. The number of halogens is 2. The molecule has 190 valence electrons. The monoisotopic (exact) mass is 592 g/mol. The van der Waals surface area contributed by atoms with E-state index in [1.807, 2.05) is 18.2 Å². The summed E-state index contributed by atoms with van der Waals surface area (Å²) in [5.41, 5.74) is 1.83. The minimum Gasteiger partial charge on any atom is -0.379 e. The second-order valence-corrected chi connectivity index (χ2v) is 10.5. The molecule has 1 aromatic heterocycles. The third-order valence-electron chi connectivity index (χ3n) is 6.20. The molecule has 3 aromatic rings. The second-order valence-electron chi connectivity index (χ2n) is 8.54. The first-order valence-electron chi connectivity index (χ1n) is 11.6. The molecule has 0 N–H and O–H groups in total. The van der Waals surface area contributed by atoms with Crippen LogP contribution in [0.4, 0.5) is 10.8 Å². The number of benzene rings is 2. The molecule has 5 rings (SSSR count). The lowest BCUT2D eigenvalue weighted by molar-refractivity contribution is -0.121. The lowest BCUT2D eigenvalue weighted by Crippen LogP contribution is -2.39. The van der Waals surface area contributed by atoms with Gasteiger partial charge in [-0.15, -0.1) is 12.4 Å². The fourth-order valence-electron chi connectivity index (χ4n) is 4.34. The highest BCUT2D eigenvalue weighted by Gasteiger charge is 2.30. The Morgan fingerprint density at radius 1 is 1.06 bits per heavy atom. The van der Waals surface area contributed by atoms with E-state index in [-0.39, 0.29) is 43.0 Å². The Kier molecular flexibility index (Phi) is 8.74.